The summed E-state index contributed by atoms with van der Waals surface area (Å²) in [6.07, 6.45) is 0. The Morgan fingerprint density at radius 1 is 1.44 bits per heavy atom. The van der Waals surface area contributed by atoms with Crippen molar-refractivity contribution in [1.82, 2.24) is 0 Å². The van der Waals surface area contributed by atoms with E-state index in [1.807, 2.05) is 31.2 Å². The van der Waals surface area contributed by atoms with Gasteiger partial charge in [0.1, 0.15) is 0 Å². The predicted octanol–water partition coefficient (Wildman–Crippen LogP) is 2.22. The van der Waals surface area contributed by atoms with Crippen LogP contribution in [0.25, 0.3) is 0 Å². The van der Waals surface area contributed by atoms with Gasteiger partial charge in [-0.05, 0) is 12.5 Å². The molecule has 1 aromatic rings. The summed E-state index contributed by atoms with van der Waals surface area (Å²) < 4.78 is 4.53. The first-order valence-electron chi connectivity index (χ1n) is 5.39. The Balaban J connectivity index is 2.74. The minimum atomic E-state index is -0.375. The summed E-state index contributed by atoms with van der Waals surface area (Å²) in [5.74, 6) is -0.261. The Hall–Kier alpha value is -1.56. The quantitative estimate of drug-likeness (QED) is 0.450. The van der Waals surface area contributed by atoms with Crippen LogP contribution in [0.2, 0.25) is 0 Å². The number of carbonyl (C=O) groups excluding carboxylic acids is 1. The Labute approximate surface area is 110 Å². The Morgan fingerprint density at radius 2 is 2.06 bits per heavy atom. The molecule has 1 unspecified atom stereocenters. The van der Waals surface area contributed by atoms with Crippen molar-refractivity contribution in [3.8, 4) is 0 Å². The first-order valence-corrected chi connectivity index (χ1v) is 6.44. The Morgan fingerprint density at radius 3 is 2.56 bits per heavy atom. The van der Waals surface area contributed by atoms with Crippen molar-refractivity contribution in [3.05, 3.63) is 45.5 Å². The van der Waals surface area contributed by atoms with Crippen LogP contribution in [0.5, 0.6) is 0 Å². The molecule has 0 heterocycles. The van der Waals surface area contributed by atoms with E-state index in [-0.39, 0.29) is 28.4 Å². The molecule has 0 radical (unpaired) electrons. The first-order chi connectivity index (χ1) is 8.52. The SMILES string of the molecule is COC(=O)CSC(C[N+](=O)[O-])c1ccc(C)cc1. The first kappa shape index (κ1) is 14.5. The molecule has 0 N–H and O–H groups in total. The molecule has 0 saturated carbocycles. The van der Waals surface area contributed by atoms with Gasteiger partial charge in [-0.25, -0.2) is 0 Å². The molecule has 0 aliphatic carbocycles. The van der Waals surface area contributed by atoms with Crippen molar-refractivity contribution in [2.75, 3.05) is 19.4 Å². The molecule has 0 bridgehead atoms. The van der Waals surface area contributed by atoms with Crippen molar-refractivity contribution in [2.45, 2.75) is 12.2 Å². The van der Waals surface area contributed by atoms with Gasteiger partial charge in [0.05, 0.1) is 18.1 Å². The van der Waals surface area contributed by atoms with E-state index in [1.54, 1.807) is 0 Å². The molecule has 0 aliphatic rings. The van der Waals surface area contributed by atoms with Crippen molar-refractivity contribution >= 4 is 17.7 Å². The Bertz CT molecular complexity index is 419. The van der Waals surface area contributed by atoms with Crippen LogP contribution in [-0.4, -0.2) is 30.3 Å². The van der Waals surface area contributed by atoms with Crippen LogP contribution >= 0.6 is 11.8 Å². The number of methoxy groups -OCH3 is 1. The number of carbonyl (C=O) groups is 1. The van der Waals surface area contributed by atoms with E-state index in [9.17, 15) is 14.9 Å². The lowest BCUT2D eigenvalue weighted by Gasteiger charge is -2.12. The highest BCUT2D eigenvalue weighted by atomic mass is 32.2. The molecule has 5 nitrogen and oxygen atoms in total. The van der Waals surface area contributed by atoms with Gasteiger partial charge in [-0.2, -0.15) is 0 Å². The summed E-state index contributed by atoms with van der Waals surface area (Å²) in [4.78, 5) is 21.3. The molecule has 6 heteroatoms. The second-order valence-electron chi connectivity index (χ2n) is 3.80. The zero-order valence-electron chi connectivity index (χ0n) is 10.3. The van der Waals surface area contributed by atoms with Crippen LogP contribution in [-0.2, 0) is 9.53 Å². The average molecular weight is 269 g/mol. The van der Waals surface area contributed by atoms with Gasteiger partial charge in [-0.3, -0.25) is 14.9 Å². The summed E-state index contributed by atoms with van der Waals surface area (Å²) in [6, 6.07) is 7.52. The molecule has 98 valence electrons. The van der Waals surface area contributed by atoms with Crippen molar-refractivity contribution in [1.29, 1.82) is 0 Å². The molecular weight excluding hydrogens is 254 g/mol. The van der Waals surface area contributed by atoms with Gasteiger partial charge in [-0.15, -0.1) is 11.8 Å². The van der Waals surface area contributed by atoms with E-state index in [0.29, 0.717) is 0 Å². The van der Waals surface area contributed by atoms with Crippen molar-refractivity contribution < 1.29 is 14.5 Å². The molecule has 0 aliphatic heterocycles. The third-order valence-electron chi connectivity index (χ3n) is 2.39. The fourth-order valence-electron chi connectivity index (χ4n) is 1.40. The minimum absolute atomic E-state index is 0.114. The summed E-state index contributed by atoms with van der Waals surface area (Å²) in [6.45, 7) is 1.75. The largest absolute Gasteiger partial charge is 0.468 e. The summed E-state index contributed by atoms with van der Waals surface area (Å²) in [5.41, 5.74) is 1.95. The van der Waals surface area contributed by atoms with Gasteiger partial charge < -0.3 is 4.74 Å². The number of nitro groups is 1. The fraction of sp³-hybridized carbons (Fsp3) is 0.417. The molecule has 1 aromatic carbocycles. The Kier molecular flexibility index (Phi) is 5.64. The number of thioether (sulfide) groups is 1. The highest BCUT2D eigenvalue weighted by Crippen LogP contribution is 2.29. The van der Waals surface area contributed by atoms with Crippen LogP contribution < -0.4 is 0 Å². The molecular formula is C12H15NO4S. The average Bonchev–Trinajstić information content (AvgIpc) is 2.34. The maximum atomic E-state index is 11.1. The number of nitrogens with zero attached hydrogens (tertiary/aromatic N) is 1. The lowest BCUT2D eigenvalue weighted by Crippen LogP contribution is -2.13. The van der Waals surface area contributed by atoms with E-state index in [4.69, 9.17) is 0 Å². The van der Waals surface area contributed by atoms with Crippen LogP contribution in [0, 0.1) is 17.0 Å². The zero-order chi connectivity index (χ0) is 13.5. The smallest absolute Gasteiger partial charge is 0.315 e. The van der Waals surface area contributed by atoms with Crippen LogP contribution in [0.15, 0.2) is 24.3 Å². The minimum Gasteiger partial charge on any atom is -0.468 e. The number of benzene rings is 1. The lowest BCUT2D eigenvalue weighted by atomic mass is 10.1. The molecule has 0 spiro atoms. The number of ether oxygens (including phenoxy) is 1. The molecule has 0 saturated heterocycles. The second-order valence-corrected chi connectivity index (χ2v) is 4.99. The topological polar surface area (TPSA) is 69.4 Å². The highest BCUT2D eigenvalue weighted by molar-refractivity contribution is 8.00. The maximum absolute atomic E-state index is 11.1. The second kappa shape index (κ2) is 7.00. The van der Waals surface area contributed by atoms with E-state index >= 15 is 0 Å². The molecule has 0 fully saturated rings. The van der Waals surface area contributed by atoms with Crippen LogP contribution in [0.1, 0.15) is 16.4 Å². The van der Waals surface area contributed by atoms with Crippen LogP contribution in [0.4, 0.5) is 0 Å². The molecule has 1 atom stereocenters. The third kappa shape index (κ3) is 4.75. The van der Waals surface area contributed by atoms with E-state index < -0.39 is 0 Å². The van der Waals surface area contributed by atoms with Gasteiger partial charge in [0.25, 0.3) is 0 Å². The molecule has 0 amide bonds. The predicted molar refractivity (Wildman–Crippen MR) is 70.3 cm³/mol. The zero-order valence-corrected chi connectivity index (χ0v) is 11.1. The summed E-state index contributed by atoms with van der Waals surface area (Å²) in [7, 11) is 1.30. The summed E-state index contributed by atoms with van der Waals surface area (Å²) >= 11 is 1.23. The number of esters is 1. The van der Waals surface area contributed by atoms with Gasteiger partial charge in [0, 0.05) is 4.92 Å². The summed E-state index contributed by atoms with van der Waals surface area (Å²) in [5, 5.41) is 10.3. The van der Waals surface area contributed by atoms with Gasteiger partial charge in [-0.1, -0.05) is 29.8 Å². The van der Waals surface area contributed by atoms with Gasteiger partial charge in [0.15, 0.2) is 0 Å². The third-order valence-corrected chi connectivity index (χ3v) is 3.62. The molecule has 18 heavy (non-hydrogen) atoms. The van der Waals surface area contributed by atoms with Crippen molar-refractivity contribution in [3.63, 3.8) is 0 Å². The number of hydrogen-bond donors (Lipinski definition) is 0. The van der Waals surface area contributed by atoms with E-state index in [0.717, 1.165) is 11.1 Å². The highest BCUT2D eigenvalue weighted by Gasteiger charge is 2.19. The standard InChI is InChI=1S/C12H15NO4S/c1-9-3-5-10(6-4-9)11(7-13(15)16)18-8-12(14)17-2/h3-6,11H,7-8H2,1-2H3. The molecule has 1 rings (SSSR count). The van der Waals surface area contributed by atoms with Gasteiger partial charge >= 0.3 is 5.97 Å². The number of hydrogen-bond acceptors (Lipinski definition) is 5. The van der Waals surface area contributed by atoms with E-state index in [2.05, 4.69) is 4.74 Å². The van der Waals surface area contributed by atoms with Crippen molar-refractivity contribution in [2.24, 2.45) is 0 Å². The normalized spacial score (nSPS) is 11.9. The monoisotopic (exact) mass is 269 g/mol. The fourth-order valence-corrected chi connectivity index (χ4v) is 2.43. The van der Waals surface area contributed by atoms with Crippen LogP contribution in [0.3, 0.4) is 0 Å². The number of aryl methyl sites for hydroxylation is 1. The molecule has 0 aromatic heterocycles. The lowest BCUT2D eigenvalue weighted by molar-refractivity contribution is -0.479. The van der Waals surface area contributed by atoms with E-state index in [1.165, 1.54) is 18.9 Å². The maximum Gasteiger partial charge on any atom is 0.315 e. The number of rotatable bonds is 6. The van der Waals surface area contributed by atoms with Gasteiger partial charge in [0.2, 0.25) is 6.54 Å².